The molecule has 3 heterocycles. The van der Waals surface area contributed by atoms with Crippen molar-refractivity contribution in [3.8, 4) is 68.5 Å². The van der Waals surface area contributed by atoms with Gasteiger partial charge in [0.2, 0.25) is 34.9 Å². The van der Waals surface area contributed by atoms with Crippen LogP contribution >= 0.6 is 0 Å². The van der Waals surface area contributed by atoms with Crippen LogP contribution in [-0.4, -0.2) is 21.0 Å². The summed E-state index contributed by atoms with van der Waals surface area (Å²) in [5.74, 6) is -99.3. The zero-order valence-corrected chi connectivity index (χ0v) is 38.9. The molecule has 0 atom stereocenters. The van der Waals surface area contributed by atoms with Gasteiger partial charge in [-0.1, -0.05) is 0 Å². The van der Waals surface area contributed by atoms with Crippen LogP contribution in [0.4, 0.5) is 132 Å². The zero-order valence-electron chi connectivity index (χ0n) is 38.9. The molecule has 444 valence electrons. The SMILES string of the molecule is Fc1c(F)c(F)c(-c2ccc(OB(Oc3ccc(-c4c(F)c(F)c(F)c(F)c4F)n3-c3c(F)c(F)c(F)c(F)c3F)Oc3ccc(-c4c(F)c(F)c(F)c(F)c4F)n3-c3c(F)c(F)c(F)c(F)c3F)n2-c2c(F)c(F)c(F)c(F)c2F)c(F)c1F. The monoisotopic (exact) mass is 1250 g/mol. The molecule has 0 spiro atoms. The number of hydrogen-bond donors (Lipinski definition) is 0. The van der Waals surface area contributed by atoms with E-state index in [4.69, 9.17) is 14.0 Å². The molecule has 6 nitrogen and oxygen atoms in total. The Balaban J connectivity index is 1.42. The molecule has 9 aromatic rings. The van der Waals surface area contributed by atoms with Crippen molar-refractivity contribution in [3.63, 3.8) is 0 Å². The van der Waals surface area contributed by atoms with Crippen molar-refractivity contribution in [2.75, 3.05) is 0 Å². The predicted octanol–water partition coefficient (Wildman–Crippen LogP) is 15.8. The maximum Gasteiger partial charge on any atom is 0.867 e. The summed E-state index contributed by atoms with van der Waals surface area (Å²) in [6.45, 7) is 0. The lowest BCUT2D eigenvalue weighted by Gasteiger charge is -2.23. The minimum absolute atomic E-state index is 0.166. The number of rotatable bonds is 12. The van der Waals surface area contributed by atoms with Gasteiger partial charge in [0.15, 0.2) is 157 Å². The lowest BCUT2D eigenvalue weighted by atomic mass is 10.1. The summed E-state index contributed by atoms with van der Waals surface area (Å²) in [4.78, 5) is 0. The predicted molar refractivity (Wildman–Crippen MR) is 220 cm³/mol. The minimum Gasteiger partial charge on any atom is -0.475 e. The molecular weight excluding hydrogens is 1250 g/mol. The molecule has 0 aliphatic carbocycles. The van der Waals surface area contributed by atoms with Crippen molar-refractivity contribution in [3.05, 3.63) is 211 Å². The number of aromatic nitrogens is 3. The average Bonchev–Trinajstić information content (AvgIpc) is 1.97. The molecule has 85 heavy (non-hydrogen) atoms. The molecule has 0 unspecified atom stereocenters. The Hall–Kier alpha value is -9.48. The van der Waals surface area contributed by atoms with E-state index in [1.54, 1.807) is 0 Å². The van der Waals surface area contributed by atoms with Crippen LogP contribution in [0.25, 0.3) is 50.8 Å². The van der Waals surface area contributed by atoms with Crippen LogP contribution in [0.2, 0.25) is 0 Å². The molecule has 0 N–H and O–H groups in total. The Kier molecular flexibility index (Phi) is 15.1. The molecule has 0 bridgehead atoms. The van der Waals surface area contributed by atoms with Crippen molar-refractivity contribution in [1.29, 1.82) is 0 Å². The third-order valence-corrected chi connectivity index (χ3v) is 11.8. The van der Waals surface area contributed by atoms with Crippen LogP contribution in [0.5, 0.6) is 17.6 Å². The smallest absolute Gasteiger partial charge is 0.475 e. The lowest BCUT2D eigenvalue weighted by molar-refractivity contribution is 0.283. The maximum atomic E-state index is 15.9. The second-order valence-corrected chi connectivity index (χ2v) is 16.4. The van der Waals surface area contributed by atoms with Gasteiger partial charge in [-0.3, -0.25) is 13.7 Å². The van der Waals surface area contributed by atoms with E-state index in [-0.39, 0.29) is 36.4 Å². The summed E-state index contributed by atoms with van der Waals surface area (Å²) in [6.07, 6.45) is 0. The van der Waals surface area contributed by atoms with Crippen molar-refractivity contribution in [1.82, 2.24) is 13.7 Å². The third kappa shape index (κ3) is 8.93. The van der Waals surface area contributed by atoms with E-state index < -0.39 is 264 Å². The number of nitrogens with zero attached hydrogens (tertiary/aromatic N) is 3. The molecule has 6 aromatic carbocycles. The Morgan fingerprint density at radius 2 is 0.329 bits per heavy atom. The number of halogens is 30. The van der Waals surface area contributed by atoms with E-state index in [0.29, 0.717) is 0 Å². The van der Waals surface area contributed by atoms with Crippen LogP contribution in [0, 0.1) is 175 Å². The second-order valence-electron chi connectivity index (χ2n) is 16.4. The molecule has 0 aliphatic rings. The Labute approximate surface area is 445 Å². The summed E-state index contributed by atoms with van der Waals surface area (Å²) in [5, 5.41) is 0. The molecular formula is C48H6BF30N3O3. The highest BCUT2D eigenvalue weighted by atomic mass is 19.2. The van der Waals surface area contributed by atoms with Crippen LogP contribution in [-0.2, 0) is 0 Å². The molecule has 9 rings (SSSR count). The molecule has 0 saturated heterocycles. The fourth-order valence-electron chi connectivity index (χ4n) is 8.03. The van der Waals surface area contributed by atoms with Gasteiger partial charge in [0, 0.05) is 0 Å². The van der Waals surface area contributed by atoms with Gasteiger partial charge < -0.3 is 14.0 Å². The van der Waals surface area contributed by atoms with E-state index in [0.717, 1.165) is 0 Å². The quantitative estimate of drug-likeness (QED) is 0.0530. The summed E-state index contributed by atoms with van der Waals surface area (Å²) >= 11 is 0. The fourth-order valence-corrected chi connectivity index (χ4v) is 8.03. The molecule has 0 saturated carbocycles. The first-order chi connectivity index (χ1) is 39.7. The molecule has 0 amide bonds. The van der Waals surface area contributed by atoms with E-state index in [1.165, 1.54) is 0 Å². The Bertz CT molecular complexity index is 3780. The van der Waals surface area contributed by atoms with Gasteiger partial charge in [0.1, 0.15) is 17.1 Å². The normalized spacial score (nSPS) is 11.6. The standard InChI is InChI=1S/C48H6BF30N3O3/c50-16-13(17(51)23(57)28(62)22(16)56)7-1-4-10(80(7)46-40(74)34(68)31(65)35(69)41(46)75)83-49(84-11-5-2-8(14-18(52)24(58)29(63)25(59)19(14)53)81(11)47-42(76)36(70)32(66)37(71)43(47)77)85-12-6-3-9(15-20(54)26(60)30(64)27(61)21(15)55)82(12)48-44(78)38(72)33(67)39(73)45(48)79/h1-6H. The summed E-state index contributed by atoms with van der Waals surface area (Å²) in [7, 11) is -4.04. The number of hydrogen-bond acceptors (Lipinski definition) is 3. The first-order valence-electron chi connectivity index (χ1n) is 21.5. The van der Waals surface area contributed by atoms with Crippen LogP contribution in [0.3, 0.4) is 0 Å². The fraction of sp³-hybridized carbons (Fsp3) is 0. The summed E-state index contributed by atoms with van der Waals surface area (Å²) < 4.78 is 466. The van der Waals surface area contributed by atoms with Gasteiger partial charge in [-0.2, -0.15) is 0 Å². The first kappa shape index (κ1) is 60.1. The second kappa shape index (κ2) is 21.3. The van der Waals surface area contributed by atoms with Crippen LogP contribution in [0.1, 0.15) is 0 Å². The van der Waals surface area contributed by atoms with E-state index in [2.05, 4.69) is 0 Å². The molecule has 0 aliphatic heterocycles. The van der Waals surface area contributed by atoms with Crippen molar-refractivity contribution < 1.29 is 146 Å². The number of benzene rings is 6. The highest BCUT2D eigenvalue weighted by Crippen LogP contribution is 2.45. The van der Waals surface area contributed by atoms with E-state index >= 15 is 79.0 Å². The topological polar surface area (TPSA) is 42.5 Å². The minimum atomic E-state index is -4.04. The molecule has 37 heteroatoms. The maximum absolute atomic E-state index is 15.9. The van der Waals surface area contributed by atoms with Gasteiger partial charge in [0.25, 0.3) is 0 Å². The largest absolute Gasteiger partial charge is 0.867 e. The molecule has 3 aromatic heterocycles. The Morgan fingerprint density at radius 1 is 0.188 bits per heavy atom. The van der Waals surface area contributed by atoms with Gasteiger partial charge in [0.05, 0.1) is 33.8 Å². The van der Waals surface area contributed by atoms with Gasteiger partial charge in [-0.05, 0) is 36.4 Å². The summed E-state index contributed by atoms with van der Waals surface area (Å²) in [6, 6.07) is -1.01. The zero-order chi connectivity index (χ0) is 62.9. The molecule has 0 fully saturated rings. The molecule has 0 radical (unpaired) electrons. The van der Waals surface area contributed by atoms with Crippen molar-refractivity contribution in [2.45, 2.75) is 0 Å². The Morgan fingerprint density at radius 3 is 0.494 bits per heavy atom. The van der Waals surface area contributed by atoms with Crippen molar-refractivity contribution in [2.24, 2.45) is 0 Å². The van der Waals surface area contributed by atoms with Gasteiger partial charge in [-0.15, -0.1) is 0 Å². The third-order valence-electron chi connectivity index (χ3n) is 11.8. The van der Waals surface area contributed by atoms with Gasteiger partial charge >= 0.3 is 7.32 Å². The highest BCUT2D eigenvalue weighted by Gasteiger charge is 2.43. The van der Waals surface area contributed by atoms with Crippen LogP contribution in [0.15, 0.2) is 36.4 Å². The van der Waals surface area contributed by atoms with Gasteiger partial charge in [-0.25, -0.2) is 132 Å². The van der Waals surface area contributed by atoms with E-state index in [9.17, 15) is 52.7 Å². The highest BCUT2D eigenvalue weighted by molar-refractivity contribution is 6.39. The average molecular weight is 1250 g/mol. The lowest BCUT2D eigenvalue weighted by Crippen LogP contribution is -2.39. The first-order valence-corrected chi connectivity index (χ1v) is 21.5. The van der Waals surface area contributed by atoms with Crippen LogP contribution < -0.4 is 14.0 Å². The van der Waals surface area contributed by atoms with Crippen molar-refractivity contribution >= 4 is 7.32 Å². The summed E-state index contributed by atoms with van der Waals surface area (Å²) in [5.41, 5.74) is -21.8. The van der Waals surface area contributed by atoms with E-state index in [1.807, 2.05) is 0 Å².